The van der Waals surface area contributed by atoms with Gasteiger partial charge in [0, 0.05) is 53.4 Å². The molecule has 0 N–H and O–H groups in total. The molecule has 2 aromatic heterocycles. The molecule has 0 saturated heterocycles. The average molecular weight is 925 g/mol. The Morgan fingerprint density at radius 1 is 0.465 bits per heavy atom. The minimum absolute atomic E-state index is 0.0706. The summed E-state index contributed by atoms with van der Waals surface area (Å²) in [4.78, 5) is 4.93. The number of rotatable bonds is 9. The number of para-hydroxylation sites is 4. The highest BCUT2D eigenvalue weighted by Crippen LogP contribution is 2.46. The van der Waals surface area contributed by atoms with E-state index in [1.54, 1.807) is 0 Å². The van der Waals surface area contributed by atoms with E-state index in [2.05, 4.69) is 165 Å². The van der Waals surface area contributed by atoms with Gasteiger partial charge in [0.25, 0.3) is 11.4 Å². The number of benzene rings is 9. The largest absolute Gasteiger partial charge is 0.503 e. The van der Waals surface area contributed by atoms with Crippen LogP contribution in [0.2, 0.25) is 0 Å². The van der Waals surface area contributed by atoms with Gasteiger partial charge >= 0.3 is 6.01 Å². The lowest BCUT2D eigenvalue weighted by Gasteiger charge is -2.20. The fourth-order valence-corrected chi connectivity index (χ4v) is 9.95. The molecule has 0 fully saturated rings. The van der Waals surface area contributed by atoms with E-state index in [1.165, 1.54) is 17.7 Å². The predicted molar refractivity (Wildman–Crippen MR) is 286 cm³/mol. The Bertz CT molecular complexity index is 3880. The monoisotopic (exact) mass is 924 g/mol. The van der Waals surface area contributed by atoms with Crippen molar-refractivity contribution in [3.63, 3.8) is 0 Å². The highest BCUT2D eigenvalue weighted by atomic mass is 19.1. The lowest BCUT2D eigenvalue weighted by atomic mass is 9.87. The molecule has 0 bridgehead atoms. The summed E-state index contributed by atoms with van der Waals surface area (Å²) in [5.74, 6) is 0.816. The Kier molecular flexibility index (Phi) is 10.7. The molecule has 0 atom stereocenters. The van der Waals surface area contributed by atoms with Gasteiger partial charge < -0.3 is 4.74 Å². The van der Waals surface area contributed by atoms with E-state index < -0.39 is 11.6 Å². The highest BCUT2D eigenvalue weighted by Gasteiger charge is 2.38. The molecular formula is C64H46F2N4O+2. The predicted octanol–water partition coefficient (Wildman–Crippen LogP) is 17.1. The van der Waals surface area contributed by atoms with Crippen LogP contribution in [0, 0.1) is 11.6 Å². The number of nitrogens with zero attached hydrogens (tertiary/aromatic N) is 4. The van der Waals surface area contributed by atoms with Crippen molar-refractivity contribution in [2.75, 3.05) is 0 Å². The maximum absolute atomic E-state index is 14.8. The first-order valence-corrected chi connectivity index (χ1v) is 23.7. The lowest BCUT2D eigenvalue weighted by molar-refractivity contribution is 0.483. The molecule has 340 valence electrons. The second kappa shape index (κ2) is 17.5. The van der Waals surface area contributed by atoms with Crippen LogP contribution in [0.4, 0.5) is 31.5 Å². The van der Waals surface area contributed by atoms with Crippen LogP contribution in [-0.2, 0) is 5.41 Å². The maximum Gasteiger partial charge on any atom is 0.503 e. The fraction of sp³-hybridized carbons (Fsp3) is 0.0625. The van der Waals surface area contributed by atoms with Crippen molar-refractivity contribution in [1.29, 1.82) is 0 Å². The summed E-state index contributed by atoms with van der Waals surface area (Å²) in [5.41, 5.74) is 13.7. The summed E-state index contributed by atoms with van der Waals surface area (Å²) >= 11 is 0. The van der Waals surface area contributed by atoms with E-state index in [1.807, 2.05) is 82.1 Å². The third-order valence-corrected chi connectivity index (χ3v) is 13.3. The van der Waals surface area contributed by atoms with Gasteiger partial charge in [0.05, 0.1) is 22.7 Å². The summed E-state index contributed by atoms with van der Waals surface area (Å²) in [7, 11) is 0. The van der Waals surface area contributed by atoms with Gasteiger partial charge in [-0.3, -0.25) is 4.57 Å². The molecule has 7 heteroatoms. The summed E-state index contributed by atoms with van der Waals surface area (Å²) in [6.07, 6.45) is 1.90. The summed E-state index contributed by atoms with van der Waals surface area (Å²) in [6.45, 7) is 6.65. The first-order valence-electron chi connectivity index (χ1n) is 23.7. The summed E-state index contributed by atoms with van der Waals surface area (Å²) in [6, 6.07) is 75.8. The molecule has 0 unspecified atom stereocenters. The van der Waals surface area contributed by atoms with Gasteiger partial charge in [-0.1, -0.05) is 142 Å². The van der Waals surface area contributed by atoms with Crippen LogP contribution in [0.5, 0.6) is 11.5 Å². The lowest BCUT2D eigenvalue weighted by Crippen LogP contribution is -2.12. The van der Waals surface area contributed by atoms with Gasteiger partial charge in [-0.2, -0.15) is 0 Å². The first kappa shape index (κ1) is 43.3. The molecule has 11 aromatic rings. The van der Waals surface area contributed by atoms with Gasteiger partial charge in [0.2, 0.25) is 11.4 Å². The van der Waals surface area contributed by atoms with Crippen molar-refractivity contribution in [2.24, 2.45) is 0 Å². The van der Waals surface area contributed by atoms with Crippen LogP contribution in [0.3, 0.4) is 0 Å². The van der Waals surface area contributed by atoms with E-state index in [9.17, 15) is 8.78 Å². The molecule has 0 radical (unpaired) electrons. The van der Waals surface area contributed by atoms with Crippen LogP contribution in [0.25, 0.3) is 72.1 Å². The van der Waals surface area contributed by atoms with E-state index in [4.69, 9.17) is 9.72 Å². The molecule has 1 aliphatic rings. The average Bonchev–Trinajstić information content (AvgIpc) is 3.95. The Balaban J connectivity index is 1.09. The van der Waals surface area contributed by atoms with Crippen molar-refractivity contribution in [1.82, 2.24) is 18.7 Å². The van der Waals surface area contributed by atoms with Crippen molar-refractivity contribution < 1.29 is 13.5 Å². The number of pyridine rings is 1. The van der Waals surface area contributed by atoms with Crippen molar-refractivity contribution in [3.8, 4) is 61.8 Å². The van der Waals surface area contributed by atoms with Crippen LogP contribution in [-0.4, -0.2) is 15.6 Å². The number of halogens is 2. The normalized spacial score (nSPS) is 12.2. The van der Waals surface area contributed by atoms with E-state index in [-0.39, 0.29) is 5.41 Å². The van der Waals surface area contributed by atoms with Gasteiger partial charge in [-0.15, -0.1) is 0 Å². The molecule has 0 spiro atoms. The SMILES string of the molecule is CC(C)(C)c1ccnc(-n2c3ccccc3c3ccc(Oc4cc(-c5c(-c6ccccc6)cccc5-c5ccccc5)cc([N+]5=C=[N+](c6ccccc6-c6cc(F)cc(F)c6)c6ccccc65)c4)cc32)c1. The number of hydrogen-bond donors (Lipinski definition) is 0. The molecule has 5 nitrogen and oxygen atoms in total. The van der Waals surface area contributed by atoms with E-state index in [0.717, 1.165) is 84.1 Å². The highest BCUT2D eigenvalue weighted by molar-refractivity contribution is 6.09. The maximum atomic E-state index is 14.8. The van der Waals surface area contributed by atoms with Gasteiger partial charge in [-0.05, 0) is 114 Å². The second-order valence-corrected chi connectivity index (χ2v) is 18.9. The van der Waals surface area contributed by atoms with Crippen LogP contribution in [0.15, 0.2) is 225 Å². The first-order chi connectivity index (χ1) is 34.6. The quantitative estimate of drug-likeness (QED) is 0.135. The molecule has 0 aliphatic carbocycles. The smallest absolute Gasteiger partial charge is 0.457 e. The van der Waals surface area contributed by atoms with Crippen molar-refractivity contribution in [3.05, 3.63) is 242 Å². The molecular weight excluding hydrogens is 879 g/mol. The second-order valence-electron chi connectivity index (χ2n) is 18.9. The minimum Gasteiger partial charge on any atom is -0.457 e. The van der Waals surface area contributed by atoms with Crippen molar-refractivity contribution in [2.45, 2.75) is 26.2 Å². The zero-order chi connectivity index (χ0) is 48.2. The molecule has 0 amide bonds. The molecule has 3 heterocycles. The van der Waals surface area contributed by atoms with Gasteiger partial charge in [0.1, 0.15) is 29.0 Å². The van der Waals surface area contributed by atoms with Gasteiger partial charge in [-0.25, -0.2) is 13.8 Å². The third-order valence-electron chi connectivity index (χ3n) is 13.3. The minimum atomic E-state index is -0.645. The molecule has 0 saturated carbocycles. The summed E-state index contributed by atoms with van der Waals surface area (Å²) < 4.78 is 42.9. The zero-order valence-electron chi connectivity index (χ0n) is 39.3. The molecule has 71 heavy (non-hydrogen) atoms. The van der Waals surface area contributed by atoms with Crippen LogP contribution >= 0.6 is 0 Å². The van der Waals surface area contributed by atoms with Gasteiger partial charge in [0.15, 0.2) is 0 Å². The van der Waals surface area contributed by atoms with E-state index in [0.29, 0.717) is 28.3 Å². The zero-order valence-corrected chi connectivity index (χ0v) is 39.3. The Labute approximate surface area is 410 Å². The molecule has 1 aliphatic heterocycles. The molecule has 12 rings (SSSR count). The number of aromatic nitrogens is 2. The van der Waals surface area contributed by atoms with E-state index >= 15 is 0 Å². The topological polar surface area (TPSA) is 33.1 Å². The Morgan fingerprint density at radius 3 is 1.77 bits per heavy atom. The Morgan fingerprint density at radius 2 is 1.07 bits per heavy atom. The number of fused-ring (bicyclic) bond motifs is 4. The van der Waals surface area contributed by atoms with Crippen LogP contribution < -0.4 is 13.9 Å². The van der Waals surface area contributed by atoms with Crippen LogP contribution in [0.1, 0.15) is 26.3 Å². The third kappa shape index (κ3) is 7.98. The fourth-order valence-electron chi connectivity index (χ4n) is 9.95. The Hall–Kier alpha value is -9.03. The number of hydrogen-bond acceptors (Lipinski definition) is 2. The van der Waals surface area contributed by atoms with Crippen molar-refractivity contribution >= 4 is 50.6 Å². The molecule has 9 aromatic carbocycles. The summed E-state index contributed by atoms with van der Waals surface area (Å²) in [5, 5.41) is 2.22. The number of ether oxygens (including phenoxy) is 1. The standard InChI is InChI=1S/C64H46F2N4O/c1-64(2,3)46-31-32-67-62(37-46)70-58-26-13-11-22-55(58)56-30-29-50(40-61(56)70)71-51-36-45(63-53(42-17-6-4-7-18-42)23-16-24-54(63)43-19-8-5-9-20-43)35-49(39-51)68-41-69(60-28-15-14-27-59(60)68)57-25-12-10-21-52(57)44-33-47(65)38-48(66)34-44/h4-40H,1-3H3/q+2.